The van der Waals surface area contributed by atoms with Crippen LogP contribution in [0.5, 0.6) is 0 Å². The van der Waals surface area contributed by atoms with Crippen molar-refractivity contribution in [1.82, 2.24) is 5.16 Å². The minimum absolute atomic E-state index is 0.105. The lowest BCUT2D eigenvalue weighted by Gasteiger charge is -2.31. The Labute approximate surface area is 160 Å². The molecule has 26 heavy (non-hydrogen) atoms. The van der Waals surface area contributed by atoms with Crippen molar-refractivity contribution in [2.24, 2.45) is 0 Å². The Morgan fingerprint density at radius 2 is 1.96 bits per heavy atom. The van der Waals surface area contributed by atoms with Gasteiger partial charge in [0, 0.05) is 28.7 Å². The number of carbonyl (C=O) groups is 1. The predicted molar refractivity (Wildman–Crippen MR) is 105 cm³/mol. The zero-order chi connectivity index (χ0) is 18.7. The maximum atomic E-state index is 13.1. The molecule has 2 aromatic rings. The van der Waals surface area contributed by atoms with Crippen molar-refractivity contribution in [3.05, 3.63) is 46.8 Å². The van der Waals surface area contributed by atoms with Crippen LogP contribution in [0.15, 0.2) is 34.9 Å². The van der Waals surface area contributed by atoms with Crippen LogP contribution in [0.2, 0.25) is 5.02 Å². The van der Waals surface area contributed by atoms with Crippen molar-refractivity contribution in [2.45, 2.75) is 64.3 Å². The van der Waals surface area contributed by atoms with E-state index in [9.17, 15) is 4.79 Å². The first-order valence-electron chi connectivity index (χ1n) is 9.35. The lowest BCUT2D eigenvalue weighted by Crippen LogP contribution is -2.41. The molecule has 0 radical (unpaired) electrons. The van der Waals surface area contributed by atoms with E-state index in [0.717, 1.165) is 49.4 Å². The average Bonchev–Trinajstić information content (AvgIpc) is 2.92. The minimum atomic E-state index is -0.117. The second kappa shape index (κ2) is 7.83. The van der Waals surface area contributed by atoms with Gasteiger partial charge in [-0.05, 0) is 37.1 Å². The average molecular weight is 375 g/mol. The Morgan fingerprint density at radius 3 is 2.62 bits per heavy atom. The van der Waals surface area contributed by atoms with Gasteiger partial charge >= 0.3 is 0 Å². The number of benzene rings is 1. The normalized spacial score (nSPS) is 18.6. The number of rotatable bonds is 4. The minimum Gasteiger partial charge on any atom is -0.361 e. The van der Waals surface area contributed by atoms with Crippen LogP contribution < -0.4 is 4.90 Å². The van der Waals surface area contributed by atoms with Gasteiger partial charge in [-0.3, -0.25) is 4.79 Å². The van der Waals surface area contributed by atoms with Gasteiger partial charge in [-0.15, -0.1) is 0 Å². The molecule has 5 heteroatoms. The fourth-order valence-corrected chi connectivity index (χ4v) is 3.56. The molecule has 1 aliphatic rings. The summed E-state index contributed by atoms with van der Waals surface area (Å²) in [5.74, 6) is 1.02. The van der Waals surface area contributed by atoms with E-state index >= 15 is 0 Å². The second-order valence-electron chi connectivity index (χ2n) is 8.11. The number of ketones is 1. The molecule has 1 aromatic heterocycles. The molecule has 1 aromatic carbocycles. The fraction of sp³-hybridized carbons (Fsp3) is 0.524. The van der Waals surface area contributed by atoms with Gasteiger partial charge in [-0.25, -0.2) is 0 Å². The number of nitrogens with zero attached hydrogens (tertiary/aromatic N) is 2. The first-order valence-corrected chi connectivity index (χ1v) is 9.73. The third-order valence-electron chi connectivity index (χ3n) is 4.94. The van der Waals surface area contributed by atoms with Crippen molar-refractivity contribution in [3.8, 4) is 0 Å². The number of carbonyl (C=O) groups excluding carboxylic acids is 1. The Hall–Kier alpha value is -1.81. The number of aromatic nitrogens is 1. The van der Waals surface area contributed by atoms with Crippen molar-refractivity contribution in [2.75, 3.05) is 11.4 Å². The van der Waals surface area contributed by atoms with Gasteiger partial charge in [0.25, 0.3) is 0 Å². The summed E-state index contributed by atoms with van der Waals surface area (Å²) in [7, 11) is 0. The summed E-state index contributed by atoms with van der Waals surface area (Å²) >= 11 is 6.02. The lowest BCUT2D eigenvalue weighted by molar-refractivity contribution is -0.119. The van der Waals surface area contributed by atoms with Gasteiger partial charge in [0.1, 0.15) is 5.76 Å². The number of Topliss-reactive ketones (excluding diaryl/α,β-unsaturated/α-hetero) is 1. The molecule has 0 aliphatic carbocycles. The van der Waals surface area contributed by atoms with E-state index in [1.807, 2.05) is 30.3 Å². The van der Waals surface area contributed by atoms with E-state index in [0.29, 0.717) is 11.4 Å². The Bertz CT molecular complexity index is 746. The van der Waals surface area contributed by atoms with E-state index in [4.69, 9.17) is 16.1 Å². The molecule has 0 bridgehead atoms. The van der Waals surface area contributed by atoms with E-state index in [1.165, 1.54) is 0 Å². The highest BCUT2D eigenvalue weighted by atomic mass is 35.5. The second-order valence-corrected chi connectivity index (χ2v) is 8.55. The van der Waals surface area contributed by atoms with Crippen molar-refractivity contribution in [3.63, 3.8) is 0 Å². The fourth-order valence-electron chi connectivity index (χ4n) is 3.43. The molecule has 1 aliphatic heterocycles. The van der Waals surface area contributed by atoms with Gasteiger partial charge in [-0.2, -0.15) is 0 Å². The summed E-state index contributed by atoms with van der Waals surface area (Å²) in [5, 5.41) is 4.83. The highest BCUT2D eigenvalue weighted by Crippen LogP contribution is 2.27. The summed E-state index contributed by atoms with van der Waals surface area (Å²) in [6.07, 6.45) is 4.53. The maximum Gasteiger partial charge on any atom is 0.161 e. The van der Waals surface area contributed by atoms with Crippen LogP contribution in [0.3, 0.4) is 0 Å². The summed E-state index contributed by atoms with van der Waals surface area (Å²) in [5.41, 5.74) is 1.68. The first-order chi connectivity index (χ1) is 12.3. The smallest absolute Gasteiger partial charge is 0.161 e. The zero-order valence-corrected chi connectivity index (χ0v) is 16.6. The predicted octanol–water partition coefficient (Wildman–Crippen LogP) is 5.19. The van der Waals surface area contributed by atoms with Crippen LogP contribution in [0.25, 0.3) is 0 Å². The summed E-state index contributed by atoms with van der Waals surface area (Å²) in [6, 6.07) is 9.58. The highest BCUT2D eigenvalue weighted by molar-refractivity contribution is 6.30. The molecule has 0 N–H and O–H groups in total. The van der Waals surface area contributed by atoms with Gasteiger partial charge in [0.15, 0.2) is 5.78 Å². The molecule has 140 valence electrons. The van der Waals surface area contributed by atoms with Crippen LogP contribution in [-0.2, 0) is 16.6 Å². The molecule has 4 nitrogen and oxygen atoms in total. The SMILES string of the molecule is CC(C)(C)c1cc(CC(=O)[C@@H]2CCCCCN2c2ccc(Cl)cc2)no1. The van der Waals surface area contributed by atoms with Crippen LogP contribution in [0.1, 0.15) is 57.9 Å². The molecular weight excluding hydrogens is 348 g/mol. The molecule has 0 spiro atoms. The molecule has 3 rings (SSSR count). The van der Waals surface area contributed by atoms with Crippen LogP contribution in [0.4, 0.5) is 5.69 Å². The number of anilines is 1. The monoisotopic (exact) mass is 374 g/mol. The number of halogens is 1. The summed E-state index contributed by atoms with van der Waals surface area (Å²) in [4.78, 5) is 15.3. The highest BCUT2D eigenvalue weighted by Gasteiger charge is 2.29. The Balaban J connectivity index is 1.78. The van der Waals surface area contributed by atoms with Gasteiger partial charge in [-0.1, -0.05) is 50.4 Å². The van der Waals surface area contributed by atoms with E-state index in [2.05, 4.69) is 30.8 Å². The molecule has 0 unspecified atom stereocenters. The number of hydrogen-bond acceptors (Lipinski definition) is 4. The molecule has 0 amide bonds. The van der Waals surface area contributed by atoms with Crippen LogP contribution in [-0.4, -0.2) is 23.5 Å². The Morgan fingerprint density at radius 1 is 1.23 bits per heavy atom. The standard InChI is InChI=1S/C21H27ClN2O2/c1-21(2,3)20-14-16(23-26-20)13-19(25)18-7-5-4-6-12-24(18)17-10-8-15(22)9-11-17/h8-11,14,18H,4-7,12-13H2,1-3H3/t18-/m0/s1. The van der Waals surface area contributed by atoms with Gasteiger partial charge < -0.3 is 9.42 Å². The molecular formula is C21H27ClN2O2. The molecule has 0 saturated carbocycles. The molecule has 1 atom stereocenters. The molecule has 1 fully saturated rings. The lowest BCUT2D eigenvalue weighted by atomic mass is 9.92. The molecule has 1 saturated heterocycles. The molecule has 2 heterocycles. The quantitative estimate of drug-likeness (QED) is 0.739. The van der Waals surface area contributed by atoms with Crippen LogP contribution >= 0.6 is 11.6 Å². The topological polar surface area (TPSA) is 46.3 Å². The van der Waals surface area contributed by atoms with Crippen molar-refractivity contribution >= 4 is 23.1 Å². The zero-order valence-electron chi connectivity index (χ0n) is 15.8. The van der Waals surface area contributed by atoms with E-state index in [-0.39, 0.29) is 17.2 Å². The van der Waals surface area contributed by atoms with E-state index in [1.54, 1.807) is 0 Å². The first kappa shape index (κ1) is 19.0. The third kappa shape index (κ3) is 4.47. The van der Waals surface area contributed by atoms with Crippen molar-refractivity contribution in [1.29, 1.82) is 0 Å². The van der Waals surface area contributed by atoms with E-state index < -0.39 is 0 Å². The van der Waals surface area contributed by atoms with Gasteiger partial charge in [0.05, 0.1) is 18.2 Å². The maximum absolute atomic E-state index is 13.1. The third-order valence-corrected chi connectivity index (χ3v) is 5.19. The van der Waals surface area contributed by atoms with Gasteiger partial charge in [0.2, 0.25) is 0 Å². The van der Waals surface area contributed by atoms with Crippen LogP contribution in [0, 0.1) is 0 Å². The summed E-state index contributed by atoms with van der Waals surface area (Å²) < 4.78 is 5.44. The van der Waals surface area contributed by atoms with Crippen molar-refractivity contribution < 1.29 is 9.32 Å². The summed E-state index contributed by atoms with van der Waals surface area (Å²) in [6.45, 7) is 7.12. The number of hydrogen-bond donors (Lipinski definition) is 0. The Kier molecular flexibility index (Phi) is 5.71. The largest absolute Gasteiger partial charge is 0.361 e.